The van der Waals surface area contributed by atoms with Gasteiger partial charge in [-0.1, -0.05) is 6.07 Å². The van der Waals surface area contributed by atoms with Crippen molar-refractivity contribution < 1.29 is 4.74 Å². The van der Waals surface area contributed by atoms with Gasteiger partial charge in [-0.3, -0.25) is 0 Å². The Kier molecular flexibility index (Phi) is 4.07. The van der Waals surface area contributed by atoms with E-state index >= 15 is 0 Å². The Balaban J connectivity index is 2.06. The van der Waals surface area contributed by atoms with E-state index in [4.69, 9.17) is 10.5 Å². The predicted octanol–water partition coefficient (Wildman–Crippen LogP) is 2.76. The highest BCUT2D eigenvalue weighted by Gasteiger charge is 2.22. The molecule has 0 aliphatic carbocycles. The van der Waals surface area contributed by atoms with Crippen molar-refractivity contribution in [2.75, 3.05) is 12.8 Å². The molecule has 0 saturated heterocycles. The second kappa shape index (κ2) is 5.59. The van der Waals surface area contributed by atoms with Crippen LogP contribution >= 0.6 is 11.3 Å². The molecule has 0 fully saturated rings. The molecule has 102 valence electrons. The van der Waals surface area contributed by atoms with Crippen LogP contribution < -0.4 is 15.8 Å². The van der Waals surface area contributed by atoms with Crippen LogP contribution in [-0.2, 0) is 12.1 Å². The van der Waals surface area contributed by atoms with E-state index in [2.05, 4.69) is 24.1 Å². The molecule has 2 aromatic rings. The van der Waals surface area contributed by atoms with Gasteiger partial charge in [0.25, 0.3) is 0 Å². The summed E-state index contributed by atoms with van der Waals surface area (Å²) in [5, 5.41) is 6.54. The van der Waals surface area contributed by atoms with Crippen LogP contribution in [0.5, 0.6) is 5.75 Å². The second-order valence-electron chi connectivity index (χ2n) is 4.88. The Morgan fingerprint density at radius 3 is 2.79 bits per heavy atom. The van der Waals surface area contributed by atoms with E-state index in [-0.39, 0.29) is 5.54 Å². The lowest BCUT2D eigenvalue weighted by atomic mass is 10.1. The quantitative estimate of drug-likeness (QED) is 0.825. The molecule has 1 heterocycles. The van der Waals surface area contributed by atoms with E-state index in [1.807, 2.05) is 29.8 Å². The zero-order valence-electron chi connectivity index (χ0n) is 11.4. The van der Waals surface area contributed by atoms with Crippen molar-refractivity contribution in [1.29, 1.82) is 0 Å². The van der Waals surface area contributed by atoms with Gasteiger partial charge in [-0.2, -0.15) is 0 Å². The second-order valence-corrected chi connectivity index (χ2v) is 5.78. The highest BCUT2D eigenvalue weighted by Crippen LogP contribution is 2.24. The molecule has 0 amide bonds. The van der Waals surface area contributed by atoms with Crippen LogP contribution in [0.3, 0.4) is 0 Å². The third kappa shape index (κ3) is 3.24. The highest BCUT2D eigenvalue weighted by atomic mass is 32.1. The van der Waals surface area contributed by atoms with Gasteiger partial charge in [0.1, 0.15) is 10.8 Å². The minimum absolute atomic E-state index is 0.166. The molecule has 0 saturated carbocycles. The average molecular weight is 277 g/mol. The minimum Gasteiger partial charge on any atom is -0.497 e. The van der Waals surface area contributed by atoms with Crippen LogP contribution in [0.25, 0.3) is 0 Å². The highest BCUT2D eigenvalue weighted by molar-refractivity contribution is 7.09. The van der Waals surface area contributed by atoms with Crippen molar-refractivity contribution in [3.8, 4) is 5.75 Å². The predicted molar refractivity (Wildman–Crippen MR) is 79.4 cm³/mol. The summed E-state index contributed by atoms with van der Waals surface area (Å²) in [5.74, 6) is 0.778. The van der Waals surface area contributed by atoms with E-state index in [1.54, 1.807) is 18.4 Å². The molecule has 0 aliphatic rings. The number of nitrogens with zero attached hydrogens (tertiary/aromatic N) is 1. The molecule has 1 aromatic heterocycles. The fourth-order valence-electron chi connectivity index (χ4n) is 1.78. The Bertz CT molecular complexity index is 538. The summed E-state index contributed by atoms with van der Waals surface area (Å²) >= 11 is 1.65. The molecular weight excluding hydrogens is 258 g/mol. The van der Waals surface area contributed by atoms with Crippen LogP contribution in [-0.4, -0.2) is 12.1 Å². The van der Waals surface area contributed by atoms with E-state index in [1.165, 1.54) is 0 Å². The van der Waals surface area contributed by atoms with Crippen LogP contribution in [0, 0.1) is 0 Å². The monoisotopic (exact) mass is 277 g/mol. The van der Waals surface area contributed by atoms with E-state index < -0.39 is 0 Å². The number of methoxy groups -OCH3 is 1. The molecule has 0 bridgehead atoms. The molecule has 0 spiro atoms. The van der Waals surface area contributed by atoms with Crippen molar-refractivity contribution >= 4 is 17.0 Å². The molecular formula is C14H19N3OS. The summed E-state index contributed by atoms with van der Waals surface area (Å²) in [6.45, 7) is 4.93. The van der Waals surface area contributed by atoms with Crippen LogP contribution in [0.2, 0.25) is 0 Å². The molecule has 4 nitrogen and oxygen atoms in total. The molecule has 5 heteroatoms. The lowest BCUT2D eigenvalue weighted by molar-refractivity contribution is 0.399. The van der Waals surface area contributed by atoms with Crippen molar-refractivity contribution in [3.05, 3.63) is 40.3 Å². The van der Waals surface area contributed by atoms with E-state index in [0.29, 0.717) is 6.54 Å². The maximum absolute atomic E-state index is 6.01. The lowest BCUT2D eigenvalue weighted by Crippen LogP contribution is -2.36. The van der Waals surface area contributed by atoms with Crippen molar-refractivity contribution in [2.45, 2.75) is 25.9 Å². The van der Waals surface area contributed by atoms with Crippen LogP contribution in [0.4, 0.5) is 5.69 Å². The summed E-state index contributed by atoms with van der Waals surface area (Å²) in [5.41, 5.74) is 7.64. The lowest BCUT2D eigenvalue weighted by Gasteiger charge is -2.24. The Labute approximate surface area is 117 Å². The fraction of sp³-hybridized carbons (Fsp3) is 0.357. The number of hydrogen-bond donors (Lipinski definition) is 2. The van der Waals surface area contributed by atoms with Gasteiger partial charge in [0.2, 0.25) is 0 Å². The summed E-state index contributed by atoms with van der Waals surface area (Å²) < 4.78 is 5.15. The normalized spacial score (nSPS) is 11.5. The van der Waals surface area contributed by atoms with Crippen molar-refractivity contribution in [1.82, 2.24) is 10.3 Å². The minimum atomic E-state index is -0.166. The van der Waals surface area contributed by atoms with Gasteiger partial charge < -0.3 is 15.8 Å². The SMILES string of the molecule is COc1ccc(CNC(C)(C)c2nccs2)c(N)c1. The number of nitrogens with two attached hydrogens (primary N) is 1. The van der Waals surface area contributed by atoms with Gasteiger partial charge in [0.15, 0.2) is 0 Å². The molecule has 0 radical (unpaired) electrons. The van der Waals surface area contributed by atoms with Crippen LogP contribution in [0.1, 0.15) is 24.4 Å². The molecule has 0 aliphatic heterocycles. The number of nitrogens with one attached hydrogen (secondary N) is 1. The van der Waals surface area contributed by atoms with E-state index in [0.717, 1.165) is 22.0 Å². The molecule has 0 unspecified atom stereocenters. The molecule has 1 aromatic carbocycles. The molecule has 2 rings (SSSR count). The Morgan fingerprint density at radius 1 is 1.42 bits per heavy atom. The number of aromatic nitrogens is 1. The summed E-state index contributed by atoms with van der Waals surface area (Å²) in [6.07, 6.45) is 1.82. The number of anilines is 1. The zero-order valence-corrected chi connectivity index (χ0v) is 12.3. The van der Waals surface area contributed by atoms with Crippen molar-refractivity contribution in [2.24, 2.45) is 0 Å². The van der Waals surface area contributed by atoms with Gasteiger partial charge in [-0.05, 0) is 25.5 Å². The number of hydrogen-bond acceptors (Lipinski definition) is 5. The summed E-state index contributed by atoms with van der Waals surface area (Å²) in [6, 6.07) is 5.75. The first-order valence-electron chi connectivity index (χ1n) is 6.10. The summed E-state index contributed by atoms with van der Waals surface area (Å²) in [7, 11) is 1.64. The molecule has 0 atom stereocenters. The fourth-order valence-corrected chi connectivity index (χ4v) is 2.52. The van der Waals surface area contributed by atoms with Crippen LogP contribution in [0.15, 0.2) is 29.8 Å². The topological polar surface area (TPSA) is 60.2 Å². The van der Waals surface area contributed by atoms with E-state index in [9.17, 15) is 0 Å². The largest absolute Gasteiger partial charge is 0.497 e. The van der Waals surface area contributed by atoms with Gasteiger partial charge >= 0.3 is 0 Å². The summed E-state index contributed by atoms with van der Waals surface area (Å²) in [4.78, 5) is 4.35. The maximum Gasteiger partial charge on any atom is 0.120 e. The number of rotatable bonds is 5. The smallest absolute Gasteiger partial charge is 0.120 e. The zero-order chi connectivity index (χ0) is 13.9. The number of thiazole rings is 1. The van der Waals surface area contributed by atoms with Gasteiger partial charge in [-0.15, -0.1) is 11.3 Å². The van der Waals surface area contributed by atoms with Gasteiger partial charge in [0.05, 0.1) is 12.6 Å². The third-order valence-corrected chi connectivity index (χ3v) is 4.14. The molecule has 3 N–H and O–H groups in total. The first-order valence-corrected chi connectivity index (χ1v) is 6.98. The standard InChI is InChI=1S/C14H19N3OS/c1-14(2,13-16-6-7-19-13)17-9-10-4-5-11(18-3)8-12(10)15/h4-8,17H,9,15H2,1-3H3. The Morgan fingerprint density at radius 2 is 2.21 bits per heavy atom. The van der Waals surface area contributed by atoms with Crippen molar-refractivity contribution in [3.63, 3.8) is 0 Å². The van der Waals surface area contributed by atoms with Gasteiger partial charge in [0, 0.05) is 29.9 Å². The number of benzene rings is 1. The number of nitrogen functional groups attached to an aromatic ring is 1. The van der Waals surface area contributed by atoms with Gasteiger partial charge in [-0.25, -0.2) is 4.98 Å². The maximum atomic E-state index is 6.01. The first kappa shape index (κ1) is 13.8. The number of ether oxygens (including phenoxy) is 1. The Hall–Kier alpha value is -1.59. The third-order valence-electron chi connectivity index (χ3n) is 3.04. The molecule has 19 heavy (non-hydrogen) atoms. The average Bonchev–Trinajstić information content (AvgIpc) is 2.92. The first-order chi connectivity index (χ1) is 9.03.